The third kappa shape index (κ3) is 4.14. The fourth-order valence-corrected chi connectivity index (χ4v) is 1.39. The highest BCUT2D eigenvalue weighted by molar-refractivity contribution is 5.92. The van der Waals surface area contributed by atoms with Gasteiger partial charge >= 0.3 is 12.1 Å². The molecule has 6 heteroatoms. The lowest BCUT2D eigenvalue weighted by Crippen LogP contribution is -2.13. The summed E-state index contributed by atoms with van der Waals surface area (Å²) in [7, 11) is 0. The Hall–Kier alpha value is -2.29. The first-order valence-corrected chi connectivity index (χ1v) is 5.34. The van der Waals surface area contributed by atoms with Gasteiger partial charge in [-0.25, -0.2) is 4.79 Å². The van der Waals surface area contributed by atoms with Gasteiger partial charge in [-0.15, -0.1) is 0 Å². The number of carbonyl (C=O) groups is 1. The number of hydrogen-bond donors (Lipinski definition) is 0. The van der Waals surface area contributed by atoms with Crippen molar-refractivity contribution in [1.29, 1.82) is 5.26 Å². The van der Waals surface area contributed by atoms with Crippen LogP contribution in [0, 0.1) is 11.3 Å². The van der Waals surface area contributed by atoms with E-state index in [0.717, 1.165) is 6.07 Å². The number of alkyl halides is 3. The van der Waals surface area contributed by atoms with E-state index in [9.17, 15) is 18.0 Å². The second kappa shape index (κ2) is 6.05. The predicted octanol–water partition coefficient (Wildman–Crippen LogP) is 3.07. The zero-order valence-corrected chi connectivity index (χ0v) is 9.99. The maximum atomic E-state index is 12.9. The maximum absolute atomic E-state index is 12.9. The Balaban J connectivity index is 3.25. The number of nitrogens with zero attached hydrogens (tertiary/aromatic N) is 1. The van der Waals surface area contributed by atoms with Crippen LogP contribution in [-0.2, 0) is 9.53 Å². The third-order valence-electron chi connectivity index (χ3n) is 2.16. The van der Waals surface area contributed by atoms with Crippen molar-refractivity contribution in [2.45, 2.75) is 13.1 Å². The number of nitriles is 1. The largest absolute Gasteiger partial charge is 0.463 e. The highest BCUT2D eigenvalue weighted by atomic mass is 19.4. The van der Waals surface area contributed by atoms with Crippen molar-refractivity contribution in [1.82, 2.24) is 0 Å². The molecule has 19 heavy (non-hydrogen) atoms. The summed E-state index contributed by atoms with van der Waals surface area (Å²) in [4.78, 5) is 11.2. The van der Waals surface area contributed by atoms with Crippen molar-refractivity contribution in [3.63, 3.8) is 0 Å². The number of esters is 1. The van der Waals surface area contributed by atoms with Crippen molar-refractivity contribution >= 4 is 11.5 Å². The quantitative estimate of drug-likeness (QED) is 0.626. The molecule has 0 radical (unpaired) electrons. The Kier molecular flexibility index (Phi) is 4.70. The van der Waals surface area contributed by atoms with Gasteiger partial charge in [-0.05, 0) is 24.6 Å². The van der Waals surface area contributed by atoms with Gasteiger partial charge in [0, 0.05) is 6.08 Å². The molecule has 0 spiro atoms. The van der Waals surface area contributed by atoms with Crippen molar-refractivity contribution < 1.29 is 22.7 Å². The van der Waals surface area contributed by atoms with Gasteiger partial charge in [-0.2, -0.15) is 18.4 Å². The average molecular weight is 269 g/mol. The first-order chi connectivity index (χ1) is 8.88. The summed E-state index contributed by atoms with van der Waals surface area (Å²) in [5, 5.41) is 8.67. The van der Waals surface area contributed by atoms with E-state index in [2.05, 4.69) is 4.74 Å². The van der Waals surface area contributed by atoms with E-state index in [4.69, 9.17) is 5.26 Å². The summed E-state index contributed by atoms with van der Waals surface area (Å²) >= 11 is 0. The molecule has 0 unspecified atom stereocenters. The summed E-state index contributed by atoms with van der Waals surface area (Å²) in [5.74, 6) is -1.07. The molecular weight excluding hydrogens is 259 g/mol. The Labute approximate surface area is 107 Å². The molecule has 0 aliphatic carbocycles. The van der Waals surface area contributed by atoms with Crippen LogP contribution in [0.4, 0.5) is 13.2 Å². The number of rotatable bonds is 3. The van der Waals surface area contributed by atoms with Gasteiger partial charge in [0.1, 0.15) is 0 Å². The molecule has 0 fully saturated rings. The Morgan fingerprint density at radius 2 is 2.16 bits per heavy atom. The fourth-order valence-electron chi connectivity index (χ4n) is 1.39. The molecule has 100 valence electrons. The van der Waals surface area contributed by atoms with Crippen LogP contribution in [-0.4, -0.2) is 18.8 Å². The minimum absolute atomic E-state index is 0.0152. The summed E-state index contributed by atoms with van der Waals surface area (Å²) in [5.41, 5.74) is -1.31. The molecule has 0 atom stereocenters. The lowest BCUT2D eigenvalue weighted by Gasteiger charge is -2.12. The number of carbonyl (C=O) groups excluding carboxylic acids is 1. The van der Waals surface area contributed by atoms with Crippen molar-refractivity contribution in [2.24, 2.45) is 0 Å². The monoisotopic (exact) mass is 269 g/mol. The second-order valence-corrected chi connectivity index (χ2v) is 3.50. The average Bonchev–Trinajstić information content (AvgIpc) is 2.35. The van der Waals surface area contributed by atoms with Crippen LogP contribution in [0.5, 0.6) is 0 Å². The normalized spacial score (nSPS) is 11.8. The first-order valence-electron chi connectivity index (χ1n) is 5.34. The van der Waals surface area contributed by atoms with Gasteiger partial charge in [0.2, 0.25) is 0 Å². The van der Waals surface area contributed by atoms with Gasteiger partial charge in [-0.1, -0.05) is 12.1 Å². The van der Waals surface area contributed by atoms with Crippen molar-refractivity contribution in [3.8, 4) is 6.07 Å². The van der Waals surface area contributed by atoms with Crippen LogP contribution >= 0.6 is 0 Å². The minimum atomic E-state index is -4.71. The summed E-state index contributed by atoms with van der Waals surface area (Å²) in [6, 6.07) is 6.68. The summed E-state index contributed by atoms with van der Waals surface area (Å²) in [6.07, 6.45) is -4.32. The molecular formula is C13H10F3NO2. The molecule has 0 heterocycles. The second-order valence-electron chi connectivity index (χ2n) is 3.50. The lowest BCUT2D eigenvalue weighted by molar-refractivity contribution is -0.137. The smallest absolute Gasteiger partial charge is 0.417 e. The molecule has 0 amide bonds. The molecule has 0 aliphatic heterocycles. The number of ether oxygens (including phenoxy) is 1. The van der Waals surface area contributed by atoms with Crippen molar-refractivity contribution in [2.75, 3.05) is 6.61 Å². The molecule has 1 rings (SSSR count). The van der Waals surface area contributed by atoms with E-state index >= 15 is 0 Å². The van der Waals surface area contributed by atoms with Crippen molar-refractivity contribution in [3.05, 3.63) is 41.5 Å². The zero-order chi connectivity index (χ0) is 14.5. The maximum Gasteiger partial charge on any atom is 0.417 e. The fraction of sp³-hybridized carbons (Fsp3) is 0.231. The molecule has 1 aromatic rings. The third-order valence-corrected chi connectivity index (χ3v) is 2.16. The van der Waals surface area contributed by atoms with Gasteiger partial charge in [0.25, 0.3) is 0 Å². The van der Waals surface area contributed by atoms with E-state index in [1.807, 2.05) is 0 Å². The lowest BCUT2D eigenvalue weighted by atomic mass is 10.0. The van der Waals surface area contributed by atoms with Crippen LogP contribution in [0.1, 0.15) is 18.1 Å². The van der Waals surface area contributed by atoms with Crippen LogP contribution in [0.25, 0.3) is 5.57 Å². The standard InChI is InChI=1S/C13H10F3NO2/c1-2-19-12(18)7-11(13(14,15)16)10-5-3-4-9(6-10)8-17/h3-7H,2H2,1H3/b11-7-. The van der Waals surface area contributed by atoms with E-state index < -0.39 is 17.7 Å². The van der Waals surface area contributed by atoms with E-state index in [1.54, 1.807) is 6.07 Å². The van der Waals surface area contributed by atoms with Gasteiger partial charge < -0.3 is 4.74 Å². The van der Waals surface area contributed by atoms with Crippen LogP contribution in [0.15, 0.2) is 30.3 Å². The highest BCUT2D eigenvalue weighted by Crippen LogP contribution is 2.34. The summed E-state index contributed by atoms with van der Waals surface area (Å²) < 4.78 is 43.1. The summed E-state index contributed by atoms with van der Waals surface area (Å²) in [6.45, 7) is 1.48. The van der Waals surface area contributed by atoms with Gasteiger partial charge in [0.05, 0.1) is 23.8 Å². The van der Waals surface area contributed by atoms with Crippen LogP contribution in [0.2, 0.25) is 0 Å². The molecule has 3 nitrogen and oxygen atoms in total. The predicted molar refractivity (Wildman–Crippen MR) is 61.8 cm³/mol. The first kappa shape index (κ1) is 14.8. The Morgan fingerprint density at radius 1 is 1.47 bits per heavy atom. The molecule has 0 bridgehead atoms. The van der Waals surface area contributed by atoms with Gasteiger partial charge in [0.15, 0.2) is 0 Å². The molecule has 0 saturated heterocycles. The number of hydrogen-bond acceptors (Lipinski definition) is 3. The molecule has 1 aromatic carbocycles. The number of allylic oxidation sites excluding steroid dienone is 1. The molecule has 0 saturated carbocycles. The van der Waals surface area contributed by atoms with Crippen LogP contribution in [0.3, 0.4) is 0 Å². The minimum Gasteiger partial charge on any atom is -0.463 e. The Morgan fingerprint density at radius 3 is 2.68 bits per heavy atom. The Bertz CT molecular complexity index is 542. The highest BCUT2D eigenvalue weighted by Gasteiger charge is 2.35. The van der Waals surface area contributed by atoms with E-state index in [1.165, 1.54) is 25.1 Å². The number of benzene rings is 1. The zero-order valence-electron chi connectivity index (χ0n) is 9.99. The van der Waals surface area contributed by atoms with Gasteiger partial charge in [-0.3, -0.25) is 0 Å². The van der Waals surface area contributed by atoms with Crippen LogP contribution < -0.4 is 0 Å². The molecule has 0 N–H and O–H groups in total. The topological polar surface area (TPSA) is 50.1 Å². The molecule has 0 aromatic heterocycles. The SMILES string of the molecule is CCOC(=O)/C=C(/c1cccc(C#N)c1)C(F)(F)F. The van der Waals surface area contributed by atoms with E-state index in [-0.39, 0.29) is 17.7 Å². The molecule has 0 aliphatic rings. The van der Waals surface area contributed by atoms with E-state index in [0.29, 0.717) is 6.08 Å². The number of halogens is 3.